The van der Waals surface area contributed by atoms with Crippen LogP contribution in [0.5, 0.6) is 0 Å². The summed E-state index contributed by atoms with van der Waals surface area (Å²) in [5.74, 6) is 0.00632. The van der Waals surface area contributed by atoms with Gasteiger partial charge in [0.25, 0.3) is 0 Å². The summed E-state index contributed by atoms with van der Waals surface area (Å²) in [6.07, 6.45) is 0.748. The fourth-order valence-electron chi connectivity index (χ4n) is 2.87. The number of benzene rings is 1. The van der Waals surface area contributed by atoms with Gasteiger partial charge in [0.1, 0.15) is 11.9 Å². The van der Waals surface area contributed by atoms with Crippen LogP contribution < -0.4 is 5.32 Å². The summed E-state index contributed by atoms with van der Waals surface area (Å²) >= 11 is 1.25. The highest BCUT2D eigenvalue weighted by atomic mass is 32.2. The molecule has 1 amide bonds. The number of fused-ring (bicyclic) bond motifs is 3. The van der Waals surface area contributed by atoms with Crippen molar-refractivity contribution in [2.75, 3.05) is 12.9 Å². The number of nitrogens with zero attached hydrogens (tertiary/aromatic N) is 4. The van der Waals surface area contributed by atoms with Gasteiger partial charge < -0.3 is 10.1 Å². The minimum absolute atomic E-state index is 0.0233. The minimum atomic E-state index is -0.665. The van der Waals surface area contributed by atoms with E-state index in [-0.39, 0.29) is 17.6 Å². The standard InChI is InChI=1S/C19H23N5O3S/c1-5-11(2)16(18(26)27-4)22-15(25)10-28-19-21-14-9-7-6-8-13(14)17-20-12(3)23-24(17)19/h6-9,11,16H,5,10H2,1-4H3,(H,22,25)/t11-,16-/m1/s1. The molecule has 1 aromatic carbocycles. The van der Waals surface area contributed by atoms with Gasteiger partial charge >= 0.3 is 5.97 Å². The Kier molecular flexibility index (Phi) is 6.13. The molecule has 1 N–H and O–H groups in total. The van der Waals surface area contributed by atoms with E-state index in [9.17, 15) is 9.59 Å². The molecule has 8 nitrogen and oxygen atoms in total. The van der Waals surface area contributed by atoms with E-state index in [0.717, 1.165) is 17.3 Å². The van der Waals surface area contributed by atoms with Crippen molar-refractivity contribution in [2.45, 2.75) is 38.4 Å². The van der Waals surface area contributed by atoms with Crippen LogP contribution >= 0.6 is 11.8 Å². The number of carbonyl (C=O) groups is 2. The fraction of sp³-hybridized carbons (Fsp3) is 0.421. The van der Waals surface area contributed by atoms with Crippen molar-refractivity contribution in [3.63, 3.8) is 0 Å². The van der Waals surface area contributed by atoms with E-state index >= 15 is 0 Å². The van der Waals surface area contributed by atoms with Gasteiger partial charge in [-0.1, -0.05) is 44.2 Å². The van der Waals surface area contributed by atoms with Gasteiger partial charge in [-0.15, -0.1) is 5.10 Å². The summed E-state index contributed by atoms with van der Waals surface area (Å²) < 4.78 is 6.47. The minimum Gasteiger partial charge on any atom is -0.467 e. The molecule has 148 valence electrons. The molecule has 28 heavy (non-hydrogen) atoms. The van der Waals surface area contributed by atoms with Gasteiger partial charge in [-0.2, -0.15) is 4.52 Å². The largest absolute Gasteiger partial charge is 0.467 e. The number of carbonyl (C=O) groups excluding carboxylic acids is 2. The van der Waals surface area contributed by atoms with Crippen molar-refractivity contribution in [1.82, 2.24) is 24.9 Å². The Labute approximate surface area is 167 Å². The Bertz CT molecular complexity index is 1020. The number of hydrogen-bond donors (Lipinski definition) is 1. The average molecular weight is 401 g/mol. The number of amides is 1. The number of nitrogens with one attached hydrogen (secondary N) is 1. The van der Waals surface area contributed by atoms with E-state index < -0.39 is 12.0 Å². The van der Waals surface area contributed by atoms with Crippen LogP contribution in [0.4, 0.5) is 0 Å². The summed E-state index contributed by atoms with van der Waals surface area (Å²) in [5.41, 5.74) is 1.50. The molecule has 2 atom stereocenters. The highest BCUT2D eigenvalue weighted by Crippen LogP contribution is 2.23. The predicted molar refractivity (Wildman–Crippen MR) is 107 cm³/mol. The number of methoxy groups -OCH3 is 1. The molecule has 0 spiro atoms. The third-order valence-corrected chi connectivity index (χ3v) is 5.50. The lowest BCUT2D eigenvalue weighted by atomic mass is 9.99. The maximum Gasteiger partial charge on any atom is 0.328 e. The molecule has 0 aliphatic heterocycles. The molecule has 0 saturated carbocycles. The van der Waals surface area contributed by atoms with Crippen molar-refractivity contribution in [3.05, 3.63) is 30.1 Å². The fourth-order valence-corrected chi connectivity index (χ4v) is 3.62. The van der Waals surface area contributed by atoms with Gasteiger partial charge in [0.2, 0.25) is 5.91 Å². The van der Waals surface area contributed by atoms with Crippen LogP contribution in [0.2, 0.25) is 0 Å². The Morgan fingerprint density at radius 3 is 2.75 bits per heavy atom. The Hall–Kier alpha value is -2.68. The first-order valence-electron chi connectivity index (χ1n) is 9.06. The van der Waals surface area contributed by atoms with E-state index in [2.05, 4.69) is 20.4 Å². The van der Waals surface area contributed by atoms with Gasteiger partial charge in [-0.25, -0.2) is 14.8 Å². The molecule has 0 aliphatic carbocycles. The van der Waals surface area contributed by atoms with Gasteiger partial charge in [-0.3, -0.25) is 4.79 Å². The summed E-state index contributed by atoms with van der Waals surface area (Å²) in [6.45, 7) is 5.68. The molecule has 2 heterocycles. The zero-order valence-corrected chi connectivity index (χ0v) is 17.1. The highest BCUT2D eigenvalue weighted by Gasteiger charge is 2.26. The molecule has 0 radical (unpaired) electrons. The Morgan fingerprint density at radius 1 is 1.29 bits per heavy atom. The second-order valence-electron chi connectivity index (χ2n) is 6.55. The summed E-state index contributed by atoms with van der Waals surface area (Å²) in [4.78, 5) is 33.5. The smallest absolute Gasteiger partial charge is 0.328 e. The van der Waals surface area contributed by atoms with Crippen LogP contribution in [-0.2, 0) is 14.3 Å². The van der Waals surface area contributed by atoms with Gasteiger partial charge in [-0.05, 0) is 25.0 Å². The molecule has 3 aromatic rings. The normalized spacial score (nSPS) is 13.4. The molecular formula is C19H23N5O3S. The van der Waals surface area contributed by atoms with Crippen molar-refractivity contribution in [1.29, 1.82) is 0 Å². The Balaban J connectivity index is 1.80. The van der Waals surface area contributed by atoms with Crippen molar-refractivity contribution < 1.29 is 14.3 Å². The first-order valence-corrected chi connectivity index (χ1v) is 10.0. The zero-order chi connectivity index (χ0) is 20.3. The first-order chi connectivity index (χ1) is 13.4. The molecule has 9 heteroatoms. The number of para-hydroxylation sites is 1. The van der Waals surface area contributed by atoms with Gasteiger partial charge in [0.15, 0.2) is 10.8 Å². The maximum absolute atomic E-state index is 12.5. The lowest BCUT2D eigenvalue weighted by molar-refractivity contribution is -0.146. The quantitative estimate of drug-likeness (QED) is 0.369. The van der Waals surface area contributed by atoms with Crippen molar-refractivity contribution in [3.8, 4) is 0 Å². The maximum atomic E-state index is 12.5. The summed E-state index contributed by atoms with van der Waals surface area (Å²) in [5, 5.41) is 8.65. The second kappa shape index (κ2) is 8.55. The molecule has 3 rings (SSSR count). The summed E-state index contributed by atoms with van der Waals surface area (Å²) in [6, 6.07) is 7.01. The summed E-state index contributed by atoms with van der Waals surface area (Å²) in [7, 11) is 1.32. The number of hydrogen-bond acceptors (Lipinski definition) is 7. The Morgan fingerprint density at radius 2 is 2.04 bits per heavy atom. The third kappa shape index (κ3) is 4.09. The van der Waals surface area contributed by atoms with Gasteiger partial charge in [0, 0.05) is 5.39 Å². The molecule has 0 unspecified atom stereocenters. The number of ether oxygens (including phenoxy) is 1. The number of esters is 1. The van der Waals surface area contributed by atoms with E-state index in [1.54, 1.807) is 4.52 Å². The van der Waals surface area contributed by atoms with E-state index in [1.165, 1.54) is 18.9 Å². The van der Waals surface area contributed by atoms with Crippen molar-refractivity contribution in [2.24, 2.45) is 5.92 Å². The van der Waals surface area contributed by atoms with Crippen LogP contribution in [-0.4, -0.2) is 50.4 Å². The van der Waals surface area contributed by atoms with Crippen LogP contribution in [0.15, 0.2) is 29.4 Å². The van der Waals surface area contributed by atoms with Crippen molar-refractivity contribution >= 4 is 40.2 Å². The zero-order valence-electron chi connectivity index (χ0n) is 16.3. The van der Waals surface area contributed by atoms with E-state index in [0.29, 0.717) is 16.6 Å². The molecule has 0 saturated heterocycles. The van der Waals surface area contributed by atoms with Gasteiger partial charge in [0.05, 0.1) is 18.4 Å². The topological polar surface area (TPSA) is 98.5 Å². The monoisotopic (exact) mass is 401 g/mol. The number of thioether (sulfide) groups is 1. The molecule has 0 bridgehead atoms. The number of aryl methyl sites for hydroxylation is 1. The molecule has 0 aliphatic rings. The van der Waals surface area contributed by atoms with Crippen LogP contribution in [0.25, 0.3) is 16.6 Å². The lowest BCUT2D eigenvalue weighted by Gasteiger charge is -2.21. The average Bonchev–Trinajstić information content (AvgIpc) is 3.10. The molecule has 0 fully saturated rings. The predicted octanol–water partition coefficient (Wildman–Crippen LogP) is 2.38. The second-order valence-corrected chi connectivity index (χ2v) is 7.49. The highest BCUT2D eigenvalue weighted by molar-refractivity contribution is 7.99. The van der Waals surface area contributed by atoms with E-state index in [1.807, 2.05) is 45.0 Å². The number of aromatic nitrogens is 4. The molecule has 2 aromatic heterocycles. The van der Waals surface area contributed by atoms with E-state index in [4.69, 9.17) is 4.74 Å². The van der Waals surface area contributed by atoms with Crippen LogP contribution in [0, 0.1) is 12.8 Å². The van der Waals surface area contributed by atoms with Crippen LogP contribution in [0.3, 0.4) is 0 Å². The number of rotatable bonds is 7. The lowest BCUT2D eigenvalue weighted by Crippen LogP contribution is -2.46. The third-order valence-electron chi connectivity index (χ3n) is 4.57. The molecular weight excluding hydrogens is 378 g/mol. The van der Waals surface area contributed by atoms with Crippen LogP contribution in [0.1, 0.15) is 26.1 Å². The first kappa shape index (κ1) is 20.1. The SMILES string of the molecule is CC[C@@H](C)[C@@H](NC(=O)CSc1nc2ccccc2c2nc(C)nn12)C(=O)OC.